The molecule has 0 aromatic carbocycles. The van der Waals surface area contributed by atoms with Gasteiger partial charge in [0.15, 0.2) is 0 Å². The van der Waals surface area contributed by atoms with Crippen LogP contribution in [0.25, 0.3) is 0 Å². The lowest BCUT2D eigenvalue weighted by Crippen LogP contribution is -2.41. The molecule has 0 radical (unpaired) electrons. The number of hydrogen-bond acceptors (Lipinski definition) is 8. The number of nitrogens with one attached hydrogen (secondary N) is 2. The molecule has 0 fully saturated rings. The van der Waals surface area contributed by atoms with Gasteiger partial charge in [0.2, 0.25) is 0 Å². The number of nitrogens with zero attached hydrogens (tertiary/aromatic N) is 2. The summed E-state index contributed by atoms with van der Waals surface area (Å²) in [7, 11) is 0. The molecule has 10 heteroatoms. The van der Waals surface area contributed by atoms with Crippen molar-refractivity contribution in [3.05, 3.63) is 29.6 Å². The third-order valence-electron chi connectivity index (χ3n) is 6.90. The first-order valence-corrected chi connectivity index (χ1v) is 17.1. The summed E-state index contributed by atoms with van der Waals surface area (Å²) in [6.07, 6.45) is 13.2. The van der Waals surface area contributed by atoms with E-state index in [9.17, 15) is 19.8 Å². The Morgan fingerprint density at radius 3 is 1.72 bits per heavy atom. The highest BCUT2D eigenvalue weighted by Crippen LogP contribution is 2.13. The minimum atomic E-state index is -0.415. The summed E-state index contributed by atoms with van der Waals surface area (Å²) >= 11 is 3.46. The number of aliphatic hydroxyl groups is 2. The first kappa shape index (κ1) is 33.9. The Balaban J connectivity index is 1.87. The van der Waals surface area contributed by atoms with Crippen LogP contribution in [0, 0.1) is 0 Å². The number of unbranched alkanes of at least 4 members (excludes halogenated alkanes) is 9. The van der Waals surface area contributed by atoms with Gasteiger partial charge in [-0.3, -0.25) is 9.59 Å². The van der Waals surface area contributed by atoms with Crippen LogP contribution in [0.1, 0.15) is 92.1 Å². The van der Waals surface area contributed by atoms with E-state index >= 15 is 0 Å². The Morgan fingerprint density at radius 2 is 1.26 bits per heavy atom. The number of hydrogen-bond donors (Lipinski definition) is 4. The molecule has 1 aromatic rings. The summed E-state index contributed by atoms with van der Waals surface area (Å²) in [4.78, 5) is 32.1. The third kappa shape index (κ3) is 14.7. The van der Waals surface area contributed by atoms with E-state index in [1.807, 2.05) is 0 Å². The molecule has 1 aliphatic rings. The van der Waals surface area contributed by atoms with Gasteiger partial charge in [0.05, 0.1) is 25.3 Å². The Bertz CT molecular complexity index is 768. The molecule has 8 nitrogen and oxygen atoms in total. The standard InChI is InChI=1S/C29H50N4O4S2/c1-2-3-4-5-6-7-8-9-10-11-15-33-16-18-38-22-24(20-34)30-28(36)26-13-12-14-27(32-26)29(37)31-25(21-35)23-39-19-17-33/h12-14,24-25,34-35H,2-11,15-23H2,1H3,(H,30,36)(H,31,37)/t24-,25-/m1/s1. The predicted molar refractivity (Wildman–Crippen MR) is 164 cm³/mol. The van der Waals surface area contributed by atoms with Crippen molar-refractivity contribution < 1.29 is 19.8 Å². The largest absolute Gasteiger partial charge is 0.394 e. The van der Waals surface area contributed by atoms with E-state index in [0.29, 0.717) is 11.5 Å². The van der Waals surface area contributed by atoms with Crippen molar-refractivity contribution in [1.82, 2.24) is 20.5 Å². The summed E-state index contributed by atoms with van der Waals surface area (Å²) in [5.41, 5.74) is 0.259. The van der Waals surface area contributed by atoms with E-state index in [-0.39, 0.29) is 36.7 Å². The van der Waals surface area contributed by atoms with Crippen LogP contribution in [0.5, 0.6) is 0 Å². The maximum atomic E-state index is 12.7. The highest BCUT2D eigenvalue weighted by molar-refractivity contribution is 7.99. The zero-order chi connectivity index (χ0) is 28.1. The van der Waals surface area contributed by atoms with Crippen molar-refractivity contribution >= 4 is 35.3 Å². The van der Waals surface area contributed by atoms with Gasteiger partial charge in [-0.05, 0) is 25.1 Å². The summed E-state index contributed by atoms with van der Waals surface area (Å²) in [5.74, 6) is 2.25. The third-order valence-corrected chi connectivity index (χ3v) is 9.11. The van der Waals surface area contributed by atoms with Crippen LogP contribution in [0.2, 0.25) is 0 Å². The normalized spacial score (nSPS) is 20.6. The molecule has 222 valence electrons. The molecule has 0 aliphatic carbocycles. The molecular formula is C29H50N4O4S2. The van der Waals surface area contributed by atoms with Gasteiger partial charge >= 0.3 is 0 Å². The number of carbonyl (C=O) groups is 2. The van der Waals surface area contributed by atoms with Crippen LogP contribution < -0.4 is 10.6 Å². The zero-order valence-corrected chi connectivity index (χ0v) is 25.4. The molecule has 2 rings (SSSR count). The van der Waals surface area contributed by atoms with E-state index in [2.05, 4.69) is 27.4 Å². The van der Waals surface area contributed by atoms with Crippen LogP contribution in [0.4, 0.5) is 0 Å². The molecule has 0 unspecified atom stereocenters. The maximum Gasteiger partial charge on any atom is 0.270 e. The van der Waals surface area contributed by atoms with Crippen LogP contribution >= 0.6 is 23.5 Å². The summed E-state index contributed by atoms with van der Waals surface area (Å²) in [5, 5.41) is 25.3. The Labute approximate surface area is 243 Å². The molecule has 2 heterocycles. The first-order valence-electron chi connectivity index (χ1n) is 14.8. The van der Waals surface area contributed by atoms with Crippen molar-refractivity contribution in [2.24, 2.45) is 0 Å². The number of aromatic nitrogens is 1. The molecule has 2 bridgehead atoms. The monoisotopic (exact) mass is 582 g/mol. The smallest absolute Gasteiger partial charge is 0.270 e. The predicted octanol–water partition coefficient (Wildman–Crippen LogP) is 3.97. The Morgan fingerprint density at radius 1 is 0.795 bits per heavy atom. The van der Waals surface area contributed by atoms with Gasteiger partial charge in [0, 0.05) is 36.1 Å². The molecule has 0 saturated carbocycles. The van der Waals surface area contributed by atoms with E-state index in [4.69, 9.17) is 0 Å². The Kier molecular flexibility index (Phi) is 18.6. The number of carbonyl (C=O) groups excluding carboxylic acids is 2. The fourth-order valence-corrected chi connectivity index (χ4v) is 6.54. The molecule has 1 aliphatic heterocycles. The van der Waals surface area contributed by atoms with Crippen LogP contribution in [-0.2, 0) is 0 Å². The van der Waals surface area contributed by atoms with Crippen LogP contribution in [0.15, 0.2) is 18.2 Å². The number of amides is 2. The first-order chi connectivity index (χ1) is 19.1. The Hall–Kier alpha value is -1.33. The van der Waals surface area contributed by atoms with Gasteiger partial charge in [-0.25, -0.2) is 4.98 Å². The number of aliphatic hydroxyl groups excluding tert-OH is 2. The lowest BCUT2D eigenvalue weighted by molar-refractivity contribution is 0.0913. The maximum absolute atomic E-state index is 12.7. The molecule has 0 saturated heterocycles. The average Bonchev–Trinajstić information content (AvgIpc) is 2.95. The highest BCUT2D eigenvalue weighted by Gasteiger charge is 2.19. The fourth-order valence-electron chi connectivity index (χ4n) is 4.48. The highest BCUT2D eigenvalue weighted by atomic mass is 32.2. The van der Waals surface area contributed by atoms with Crippen molar-refractivity contribution in [1.29, 1.82) is 0 Å². The van der Waals surface area contributed by atoms with Crippen molar-refractivity contribution in [2.75, 3.05) is 55.9 Å². The van der Waals surface area contributed by atoms with Crippen LogP contribution in [-0.4, -0.2) is 99.9 Å². The van der Waals surface area contributed by atoms with Gasteiger partial charge in [-0.2, -0.15) is 23.5 Å². The summed E-state index contributed by atoms with van der Waals surface area (Å²) in [6, 6.07) is 3.95. The van der Waals surface area contributed by atoms with Crippen LogP contribution in [0.3, 0.4) is 0 Å². The fraction of sp³-hybridized carbons (Fsp3) is 0.759. The lowest BCUT2D eigenvalue weighted by atomic mass is 10.1. The van der Waals surface area contributed by atoms with E-state index < -0.39 is 11.8 Å². The van der Waals surface area contributed by atoms with Crippen molar-refractivity contribution in [3.8, 4) is 0 Å². The lowest BCUT2D eigenvalue weighted by Gasteiger charge is -2.23. The van der Waals surface area contributed by atoms with E-state index in [0.717, 1.165) is 31.1 Å². The van der Waals surface area contributed by atoms with Gasteiger partial charge in [0.25, 0.3) is 11.8 Å². The summed E-state index contributed by atoms with van der Waals surface area (Å²) < 4.78 is 0. The second-order valence-electron chi connectivity index (χ2n) is 10.3. The van der Waals surface area contributed by atoms with Gasteiger partial charge in [-0.15, -0.1) is 0 Å². The van der Waals surface area contributed by atoms with Crippen molar-refractivity contribution in [3.63, 3.8) is 0 Å². The molecule has 0 spiro atoms. The second kappa shape index (κ2) is 21.4. The summed E-state index contributed by atoms with van der Waals surface area (Å²) in [6.45, 7) is 4.93. The zero-order valence-electron chi connectivity index (χ0n) is 23.7. The number of fused-ring (bicyclic) bond motifs is 2. The molecule has 4 N–H and O–H groups in total. The quantitative estimate of drug-likeness (QED) is 0.259. The minimum Gasteiger partial charge on any atom is -0.394 e. The van der Waals surface area contributed by atoms with Crippen molar-refractivity contribution in [2.45, 2.75) is 83.2 Å². The minimum absolute atomic E-state index is 0.129. The molecule has 1 aromatic heterocycles. The second-order valence-corrected chi connectivity index (χ2v) is 12.6. The topological polar surface area (TPSA) is 115 Å². The number of rotatable bonds is 13. The number of thioether (sulfide) groups is 2. The van der Waals surface area contributed by atoms with Gasteiger partial charge < -0.3 is 25.7 Å². The van der Waals surface area contributed by atoms with Gasteiger partial charge in [0.1, 0.15) is 11.4 Å². The molecular weight excluding hydrogens is 532 g/mol. The molecule has 2 amide bonds. The average molecular weight is 583 g/mol. The SMILES string of the molecule is CCCCCCCCCCCCN1CCSC[C@@H](CO)NC(=O)c2cccc(n2)C(=O)N[C@H](CO)CSCC1. The van der Waals surface area contributed by atoms with E-state index in [1.165, 1.54) is 64.2 Å². The molecule has 2 atom stereocenters. The van der Waals surface area contributed by atoms with E-state index in [1.54, 1.807) is 41.7 Å². The number of pyridine rings is 1. The molecule has 39 heavy (non-hydrogen) atoms. The van der Waals surface area contributed by atoms with Gasteiger partial charge in [-0.1, -0.05) is 70.8 Å².